The van der Waals surface area contributed by atoms with Crippen molar-refractivity contribution < 1.29 is 37.1 Å². The monoisotopic (exact) mass is 836 g/mol. The lowest BCUT2D eigenvalue weighted by atomic mass is 9.90. The van der Waals surface area contributed by atoms with Crippen LogP contribution in [0.1, 0.15) is 91.1 Å². The second-order valence-corrected chi connectivity index (χ2v) is 17.4. The minimum atomic E-state index is -4.72. The predicted molar refractivity (Wildman–Crippen MR) is 214 cm³/mol. The van der Waals surface area contributed by atoms with E-state index in [2.05, 4.69) is 25.4 Å². The summed E-state index contributed by atoms with van der Waals surface area (Å²) in [5.74, 6) is -1.59. The molecule has 0 spiro atoms. The number of pyridine rings is 1. The second kappa shape index (κ2) is 15.1. The van der Waals surface area contributed by atoms with Crippen LogP contribution in [0.15, 0.2) is 53.3 Å². The molecule has 3 fully saturated rings. The number of aryl methyl sites for hydroxylation is 1. The number of piperidine rings is 3. The number of aliphatic hydroxyl groups is 1. The average Bonchev–Trinajstić information content (AvgIpc) is 3.72. The van der Waals surface area contributed by atoms with Gasteiger partial charge in [0.05, 0.1) is 37.5 Å². The van der Waals surface area contributed by atoms with E-state index in [4.69, 9.17) is 4.98 Å². The molecule has 3 aliphatic heterocycles. The van der Waals surface area contributed by atoms with Gasteiger partial charge in [0.1, 0.15) is 23.1 Å². The molecule has 0 aliphatic carbocycles. The molecule has 3 aliphatic rings. The number of fused-ring (bicyclic) bond motifs is 2. The number of imidazole rings is 1. The summed E-state index contributed by atoms with van der Waals surface area (Å²) < 4.78 is 60.0. The number of amides is 3. The zero-order valence-electron chi connectivity index (χ0n) is 32.7. The molecule has 59 heavy (non-hydrogen) atoms. The summed E-state index contributed by atoms with van der Waals surface area (Å²) in [6.07, 6.45) is -2.22. The standard InChI is InChI=1S/C41H44F4N8O5S/c1-39(2,58)24-20-27-31(21-26(24)47-35(55)25-6-4-9-32(46-25)41(43,44)45)59-37(48-27)23-12-16-51(17-13-23)22-40(42)14-18-52(19-15-40)28-7-5-8-29-34(28)50(3)38(57)53(29)30-10-11-33(54)49-36(30)56/h4-9,20-21,23,30,58H,10-19,22H2,1-3H3,(H,47,55)(H,49,54,56). The van der Waals surface area contributed by atoms with Gasteiger partial charge in [-0.2, -0.15) is 13.2 Å². The maximum atomic E-state index is 16.5. The molecule has 0 bridgehead atoms. The SMILES string of the molecule is Cn1c(=O)n(C2CCC(=O)NC2=O)c2cccc(N3CCC(F)(CN4CCC(c5nc6cc(C(C)(C)O)c(NC(=O)c7cccc(C(F)(F)F)n7)cc6s5)CC4)CC3)c21. The van der Waals surface area contributed by atoms with Gasteiger partial charge in [0.2, 0.25) is 11.8 Å². The summed E-state index contributed by atoms with van der Waals surface area (Å²) >= 11 is 1.45. The number of hydrogen-bond donors (Lipinski definition) is 3. The Hall–Kier alpha value is -5.20. The van der Waals surface area contributed by atoms with Gasteiger partial charge in [-0.05, 0) is 82.6 Å². The van der Waals surface area contributed by atoms with E-state index in [0.29, 0.717) is 67.7 Å². The van der Waals surface area contributed by atoms with Crippen LogP contribution in [-0.2, 0) is 28.4 Å². The molecule has 3 saturated heterocycles. The molecule has 13 nitrogen and oxygen atoms in total. The van der Waals surface area contributed by atoms with Gasteiger partial charge in [0.15, 0.2) is 0 Å². The van der Waals surface area contributed by atoms with Crippen molar-refractivity contribution in [1.29, 1.82) is 0 Å². The van der Waals surface area contributed by atoms with E-state index >= 15 is 4.39 Å². The van der Waals surface area contributed by atoms with Crippen LogP contribution in [0, 0.1) is 0 Å². The molecule has 3 aromatic heterocycles. The van der Waals surface area contributed by atoms with Crippen LogP contribution in [0.4, 0.5) is 28.9 Å². The number of nitrogens with zero attached hydrogens (tertiary/aromatic N) is 6. The van der Waals surface area contributed by atoms with Crippen LogP contribution in [0.2, 0.25) is 0 Å². The second-order valence-electron chi connectivity index (χ2n) is 16.3. The maximum absolute atomic E-state index is 16.5. The highest BCUT2D eigenvalue weighted by Gasteiger charge is 2.39. The number of rotatable bonds is 8. The van der Waals surface area contributed by atoms with Crippen molar-refractivity contribution in [3.05, 3.63) is 81.0 Å². The number of imide groups is 1. The molecule has 0 radical (unpaired) electrons. The third kappa shape index (κ3) is 7.96. The van der Waals surface area contributed by atoms with Gasteiger partial charge in [-0.15, -0.1) is 11.3 Å². The number of likely N-dealkylation sites (tertiary alicyclic amines) is 1. The Morgan fingerprint density at radius 3 is 2.39 bits per heavy atom. The molecule has 2 aromatic carbocycles. The minimum absolute atomic E-state index is 0.110. The van der Waals surface area contributed by atoms with Gasteiger partial charge in [0.25, 0.3) is 5.91 Å². The summed E-state index contributed by atoms with van der Waals surface area (Å²) in [5, 5.41) is 16.9. The molecule has 8 rings (SSSR count). The summed E-state index contributed by atoms with van der Waals surface area (Å²) in [4.78, 5) is 63.6. The number of aromatic nitrogens is 4. The van der Waals surface area contributed by atoms with Gasteiger partial charge in [0, 0.05) is 63.1 Å². The number of carbonyl (C=O) groups excluding carboxylic acids is 3. The molecule has 6 heterocycles. The van der Waals surface area contributed by atoms with Crippen LogP contribution in [0.25, 0.3) is 21.3 Å². The highest BCUT2D eigenvalue weighted by atomic mass is 32.1. The Kier molecular flexibility index (Phi) is 10.4. The zero-order chi connectivity index (χ0) is 42.0. The molecule has 1 atom stereocenters. The first-order valence-corrected chi connectivity index (χ1v) is 20.4. The van der Waals surface area contributed by atoms with Crippen LogP contribution >= 0.6 is 11.3 Å². The van der Waals surface area contributed by atoms with Crippen LogP contribution in [0.5, 0.6) is 0 Å². The van der Waals surface area contributed by atoms with E-state index in [-0.39, 0.29) is 36.0 Å². The summed E-state index contributed by atoms with van der Waals surface area (Å²) in [6, 6.07) is 11.2. The lowest BCUT2D eigenvalue weighted by Crippen LogP contribution is -2.50. The Morgan fingerprint density at radius 1 is 1.00 bits per heavy atom. The van der Waals surface area contributed by atoms with Crippen LogP contribution < -0.4 is 21.2 Å². The molecule has 0 saturated carbocycles. The summed E-state index contributed by atoms with van der Waals surface area (Å²) in [7, 11) is 1.66. The number of nitrogens with one attached hydrogen (secondary N) is 2. The Bertz CT molecular complexity index is 2530. The van der Waals surface area contributed by atoms with Gasteiger partial charge >= 0.3 is 11.9 Å². The van der Waals surface area contributed by atoms with Crippen molar-refractivity contribution in [2.24, 2.45) is 7.05 Å². The normalized spacial score (nSPS) is 19.7. The van der Waals surface area contributed by atoms with E-state index in [0.717, 1.165) is 40.4 Å². The third-order valence-corrected chi connectivity index (χ3v) is 13.0. The number of para-hydroxylation sites is 1. The zero-order valence-corrected chi connectivity index (χ0v) is 33.6. The number of benzene rings is 2. The number of thiazole rings is 1. The van der Waals surface area contributed by atoms with E-state index in [1.165, 1.54) is 26.5 Å². The fourth-order valence-corrected chi connectivity index (χ4v) is 9.79. The van der Waals surface area contributed by atoms with Crippen molar-refractivity contribution in [2.75, 3.05) is 42.9 Å². The number of alkyl halides is 4. The van der Waals surface area contributed by atoms with Gasteiger partial charge in [-0.1, -0.05) is 12.1 Å². The number of carbonyl (C=O) groups is 3. The first-order chi connectivity index (χ1) is 27.9. The average molecular weight is 837 g/mol. The summed E-state index contributed by atoms with van der Waals surface area (Å²) in [5.41, 5.74) is -1.51. The highest BCUT2D eigenvalue weighted by molar-refractivity contribution is 7.18. The van der Waals surface area contributed by atoms with Crippen molar-refractivity contribution in [3.63, 3.8) is 0 Å². The quantitative estimate of drug-likeness (QED) is 0.126. The molecule has 18 heteroatoms. The lowest BCUT2D eigenvalue weighted by Gasteiger charge is -2.41. The smallest absolute Gasteiger partial charge is 0.386 e. The molecule has 3 N–H and O–H groups in total. The van der Waals surface area contributed by atoms with Crippen molar-refractivity contribution in [2.45, 2.75) is 81.8 Å². The minimum Gasteiger partial charge on any atom is -0.386 e. The van der Waals surface area contributed by atoms with Gasteiger partial charge < -0.3 is 20.2 Å². The highest BCUT2D eigenvalue weighted by Crippen LogP contribution is 2.40. The lowest BCUT2D eigenvalue weighted by molar-refractivity contribution is -0.141. The van der Waals surface area contributed by atoms with E-state index in [1.54, 1.807) is 39.1 Å². The first-order valence-electron chi connectivity index (χ1n) is 19.6. The van der Waals surface area contributed by atoms with Crippen LogP contribution in [-0.4, -0.2) is 85.2 Å². The molecule has 5 aromatic rings. The van der Waals surface area contributed by atoms with E-state index in [9.17, 15) is 37.5 Å². The first kappa shape index (κ1) is 40.6. The predicted octanol–water partition coefficient (Wildman–Crippen LogP) is 6.01. The van der Waals surface area contributed by atoms with E-state index < -0.39 is 46.7 Å². The van der Waals surface area contributed by atoms with Gasteiger partial charge in [-0.3, -0.25) is 28.8 Å². The molecule has 312 valence electrons. The van der Waals surface area contributed by atoms with Crippen LogP contribution in [0.3, 0.4) is 0 Å². The Morgan fingerprint density at radius 2 is 1.71 bits per heavy atom. The summed E-state index contributed by atoms with van der Waals surface area (Å²) in [6.45, 7) is 5.62. The fraction of sp³-hybridized carbons (Fsp3) is 0.463. The molecule has 1 unspecified atom stereocenters. The third-order valence-electron chi connectivity index (χ3n) is 11.8. The Labute approximate surface area is 340 Å². The molecule has 3 amide bonds. The largest absolute Gasteiger partial charge is 0.433 e. The van der Waals surface area contributed by atoms with Crippen molar-refractivity contribution >= 4 is 61.7 Å². The molecular formula is C41H44F4N8O5S. The van der Waals surface area contributed by atoms with Gasteiger partial charge in [-0.25, -0.2) is 19.2 Å². The Balaban J connectivity index is 0.914. The van der Waals surface area contributed by atoms with E-state index in [1.807, 2.05) is 12.1 Å². The maximum Gasteiger partial charge on any atom is 0.433 e. The van der Waals surface area contributed by atoms with Crippen molar-refractivity contribution in [1.82, 2.24) is 29.3 Å². The topological polar surface area (TPSA) is 155 Å². The van der Waals surface area contributed by atoms with Crippen molar-refractivity contribution in [3.8, 4) is 0 Å². The number of halogens is 4. The molecular weight excluding hydrogens is 793 g/mol. The number of anilines is 2. The number of hydrogen-bond acceptors (Lipinski definition) is 10. The fourth-order valence-electron chi connectivity index (χ4n) is 8.63.